The number of ether oxygens (including phenoxy) is 3. The van der Waals surface area contributed by atoms with Gasteiger partial charge in [0.15, 0.2) is 0 Å². The molecule has 10 heteroatoms. The Labute approximate surface area is 255 Å². The Hall–Kier alpha value is -2.65. The lowest BCUT2D eigenvalue weighted by Gasteiger charge is -2.27. The number of carbonyl (C=O) groups excluding carboxylic acids is 2. The molecule has 0 spiro atoms. The van der Waals surface area contributed by atoms with Gasteiger partial charge in [0.25, 0.3) is 0 Å². The maximum absolute atomic E-state index is 13.3. The van der Waals surface area contributed by atoms with Crippen LogP contribution >= 0.6 is 7.60 Å². The number of carbonyl (C=O) groups is 2. The van der Waals surface area contributed by atoms with E-state index in [0.29, 0.717) is 78.1 Å². The Morgan fingerprint density at radius 2 is 1.33 bits per heavy atom. The molecular weight excluding hydrogens is 569 g/mol. The molecule has 2 aromatic carbocycles. The molecule has 1 atom stereocenters. The summed E-state index contributed by atoms with van der Waals surface area (Å²) in [6.07, 6.45) is 7.52. The molecule has 0 bridgehead atoms. The summed E-state index contributed by atoms with van der Waals surface area (Å²) in [5.41, 5.74) is 3.72. The summed E-state index contributed by atoms with van der Waals surface area (Å²) in [5, 5.41) is 0. The normalized spacial score (nSPS) is 14.8. The fourth-order valence-corrected chi connectivity index (χ4v) is 5.15. The van der Waals surface area contributed by atoms with E-state index in [1.54, 1.807) is 13.8 Å². The summed E-state index contributed by atoms with van der Waals surface area (Å²) in [6, 6.07) is 16.1. The molecule has 1 N–H and O–H groups in total. The summed E-state index contributed by atoms with van der Waals surface area (Å²) in [4.78, 5) is 37.0. The number of benzene rings is 2. The SMILES string of the molecule is CC(C)P(=O)(O)OCCOCCOCCOCCCC(=O)CCCCC(=O)N1Cc2ccccc2/C=C\c2ccccc21. The predicted octanol–water partition coefficient (Wildman–Crippen LogP) is 6.27. The number of nitrogens with zero attached hydrogens (tertiary/aromatic N) is 1. The van der Waals surface area contributed by atoms with Gasteiger partial charge in [-0.1, -0.05) is 68.5 Å². The number of ketones is 1. The molecule has 2 aromatic rings. The first-order chi connectivity index (χ1) is 20.8. The van der Waals surface area contributed by atoms with Crippen molar-refractivity contribution in [1.82, 2.24) is 0 Å². The Bertz CT molecular complexity index is 1230. The molecule has 1 aliphatic rings. The summed E-state index contributed by atoms with van der Waals surface area (Å²) in [7, 11) is -3.55. The number of unbranched alkanes of at least 4 members (excludes halogenated alkanes) is 1. The van der Waals surface area contributed by atoms with Gasteiger partial charge in [-0.2, -0.15) is 0 Å². The molecule has 0 radical (unpaired) electrons. The number of amides is 1. The van der Waals surface area contributed by atoms with Crippen LogP contribution in [0.5, 0.6) is 0 Å². The van der Waals surface area contributed by atoms with Gasteiger partial charge >= 0.3 is 7.60 Å². The van der Waals surface area contributed by atoms with Crippen LogP contribution in [0.2, 0.25) is 0 Å². The molecule has 0 saturated carbocycles. The largest absolute Gasteiger partial charge is 0.379 e. The van der Waals surface area contributed by atoms with E-state index in [0.717, 1.165) is 22.4 Å². The Morgan fingerprint density at radius 3 is 2.05 bits per heavy atom. The molecule has 0 saturated heterocycles. The predicted molar refractivity (Wildman–Crippen MR) is 169 cm³/mol. The third-order valence-corrected chi connectivity index (χ3v) is 8.95. The summed E-state index contributed by atoms with van der Waals surface area (Å²) in [6.45, 7) is 6.17. The van der Waals surface area contributed by atoms with Gasteiger partial charge in [0.1, 0.15) is 5.78 Å². The van der Waals surface area contributed by atoms with Gasteiger partial charge < -0.3 is 28.5 Å². The van der Waals surface area contributed by atoms with Crippen LogP contribution < -0.4 is 4.90 Å². The number of hydrogen-bond donors (Lipinski definition) is 1. The van der Waals surface area contributed by atoms with Gasteiger partial charge in [0, 0.05) is 25.9 Å². The van der Waals surface area contributed by atoms with Crippen LogP contribution in [0.15, 0.2) is 48.5 Å². The highest BCUT2D eigenvalue weighted by Gasteiger charge is 2.24. The van der Waals surface area contributed by atoms with Crippen LogP contribution in [0.4, 0.5) is 5.69 Å². The number of fused-ring (bicyclic) bond motifs is 2. The van der Waals surface area contributed by atoms with Gasteiger partial charge in [0.2, 0.25) is 5.91 Å². The van der Waals surface area contributed by atoms with Gasteiger partial charge in [-0.25, -0.2) is 0 Å². The lowest BCUT2D eigenvalue weighted by molar-refractivity contribution is -0.121. The fraction of sp³-hybridized carbons (Fsp3) is 0.515. The monoisotopic (exact) mass is 615 g/mol. The molecule has 0 aliphatic carbocycles. The second-order valence-corrected chi connectivity index (χ2v) is 13.2. The molecule has 43 heavy (non-hydrogen) atoms. The van der Waals surface area contributed by atoms with Crippen molar-refractivity contribution in [1.29, 1.82) is 0 Å². The second-order valence-electron chi connectivity index (χ2n) is 10.7. The molecule has 1 heterocycles. The summed E-state index contributed by atoms with van der Waals surface area (Å²) < 4.78 is 32.9. The third kappa shape index (κ3) is 12.5. The number of hydrogen-bond acceptors (Lipinski definition) is 7. The Balaban J connectivity index is 1.21. The molecule has 1 unspecified atom stereocenters. The third-order valence-electron chi connectivity index (χ3n) is 7.10. The highest BCUT2D eigenvalue weighted by atomic mass is 31.2. The first-order valence-electron chi connectivity index (χ1n) is 15.2. The Kier molecular flexibility index (Phi) is 15.3. The first kappa shape index (κ1) is 34.8. The Morgan fingerprint density at radius 1 is 0.767 bits per heavy atom. The van der Waals surface area contributed by atoms with Crippen molar-refractivity contribution in [2.24, 2.45) is 0 Å². The highest BCUT2D eigenvalue weighted by Crippen LogP contribution is 2.46. The van der Waals surface area contributed by atoms with Crippen molar-refractivity contribution >= 4 is 37.1 Å². The maximum atomic E-state index is 13.3. The summed E-state index contributed by atoms with van der Waals surface area (Å²) in [5.74, 6) is 0.260. The maximum Gasteiger partial charge on any atom is 0.330 e. The zero-order valence-corrected chi connectivity index (χ0v) is 26.3. The van der Waals surface area contributed by atoms with E-state index in [9.17, 15) is 19.0 Å². The average Bonchev–Trinajstić information content (AvgIpc) is 2.98. The molecule has 3 rings (SSSR count). The number of anilines is 1. The van der Waals surface area contributed by atoms with E-state index in [2.05, 4.69) is 24.3 Å². The number of para-hydroxylation sites is 1. The molecule has 0 aromatic heterocycles. The summed E-state index contributed by atoms with van der Waals surface area (Å²) >= 11 is 0. The van der Waals surface area contributed by atoms with Crippen LogP contribution in [0.3, 0.4) is 0 Å². The number of Topliss-reactive ketones (excluding diaryl/α,β-unsaturated/α-hetero) is 1. The molecule has 236 valence electrons. The molecule has 9 nitrogen and oxygen atoms in total. The van der Waals surface area contributed by atoms with Gasteiger partial charge in [0.05, 0.1) is 57.5 Å². The van der Waals surface area contributed by atoms with Crippen LogP contribution in [0.25, 0.3) is 12.2 Å². The number of rotatable bonds is 20. The molecule has 1 amide bonds. The quantitative estimate of drug-likeness (QED) is 0.137. The van der Waals surface area contributed by atoms with Crippen LogP contribution in [0, 0.1) is 0 Å². The smallest absolute Gasteiger partial charge is 0.330 e. The van der Waals surface area contributed by atoms with E-state index >= 15 is 0 Å². The first-order valence-corrected chi connectivity index (χ1v) is 16.8. The topological polar surface area (TPSA) is 112 Å². The molecule has 1 aliphatic heterocycles. The van der Waals surface area contributed by atoms with E-state index in [1.165, 1.54) is 0 Å². The van der Waals surface area contributed by atoms with Gasteiger partial charge in [-0.3, -0.25) is 14.2 Å². The average molecular weight is 616 g/mol. The lowest BCUT2D eigenvalue weighted by Crippen LogP contribution is -2.31. The second kappa shape index (κ2) is 18.9. The van der Waals surface area contributed by atoms with E-state index in [1.807, 2.05) is 41.3 Å². The minimum atomic E-state index is -3.55. The van der Waals surface area contributed by atoms with Crippen molar-refractivity contribution in [3.8, 4) is 0 Å². The standard InChI is InChI=1S/C33H46NO8P/c1-27(2)43(37,38)42-25-24-41-23-22-40-21-20-39-19-9-14-31(35)13-6-8-16-33(36)34-26-30-12-4-3-10-28(30)17-18-29-11-5-7-15-32(29)34/h3-5,7,10-12,15,17-18,27H,6,8-9,13-14,16,19-26H2,1-2H3,(H,37,38)/b18-17-. The van der Waals surface area contributed by atoms with E-state index < -0.39 is 13.3 Å². The van der Waals surface area contributed by atoms with Crippen molar-refractivity contribution in [2.45, 2.75) is 64.6 Å². The minimum absolute atomic E-state index is 0.0625. The van der Waals surface area contributed by atoms with Crippen LogP contribution in [-0.4, -0.2) is 68.5 Å². The van der Waals surface area contributed by atoms with Crippen molar-refractivity contribution in [2.75, 3.05) is 51.1 Å². The van der Waals surface area contributed by atoms with Crippen molar-refractivity contribution < 1.29 is 37.8 Å². The molecule has 0 fully saturated rings. The van der Waals surface area contributed by atoms with Gasteiger partial charge in [-0.15, -0.1) is 0 Å². The zero-order valence-electron chi connectivity index (χ0n) is 25.4. The minimum Gasteiger partial charge on any atom is -0.379 e. The van der Waals surface area contributed by atoms with Crippen LogP contribution in [0.1, 0.15) is 69.1 Å². The highest BCUT2D eigenvalue weighted by molar-refractivity contribution is 7.53. The lowest BCUT2D eigenvalue weighted by atomic mass is 10.0. The molecular formula is C33H46NO8P. The van der Waals surface area contributed by atoms with Crippen molar-refractivity contribution in [3.63, 3.8) is 0 Å². The fourth-order valence-electron chi connectivity index (χ4n) is 4.52. The van der Waals surface area contributed by atoms with Gasteiger partial charge in [-0.05, 0) is 42.0 Å². The van der Waals surface area contributed by atoms with Crippen LogP contribution in [-0.2, 0) is 39.4 Å². The zero-order chi connectivity index (χ0) is 30.9. The van der Waals surface area contributed by atoms with E-state index in [4.69, 9.17) is 18.7 Å². The van der Waals surface area contributed by atoms with Crippen molar-refractivity contribution in [3.05, 3.63) is 65.2 Å². The van der Waals surface area contributed by atoms with E-state index in [-0.39, 0.29) is 24.9 Å².